The van der Waals surface area contributed by atoms with Gasteiger partial charge in [-0.15, -0.1) is 11.6 Å². The van der Waals surface area contributed by atoms with E-state index in [-0.39, 0.29) is 80.3 Å². The summed E-state index contributed by atoms with van der Waals surface area (Å²) in [7, 11) is 7.36. The van der Waals surface area contributed by atoms with Crippen molar-refractivity contribution in [1.82, 2.24) is 0 Å². The van der Waals surface area contributed by atoms with Gasteiger partial charge in [0.05, 0.1) is 18.1 Å². The monoisotopic (exact) mass is 925 g/mol. The predicted molar refractivity (Wildman–Crippen MR) is 237 cm³/mol. The molecule has 0 spiro atoms. The van der Waals surface area contributed by atoms with E-state index in [9.17, 15) is 23.1 Å². The van der Waals surface area contributed by atoms with E-state index in [1.54, 1.807) is 12.1 Å². The summed E-state index contributed by atoms with van der Waals surface area (Å²) in [6.45, 7) is 12.7. The zero-order valence-electron chi connectivity index (χ0n) is 37.3. The van der Waals surface area contributed by atoms with Crippen molar-refractivity contribution in [3.8, 4) is 17.2 Å². The van der Waals surface area contributed by atoms with Crippen LogP contribution in [0.25, 0.3) is 0 Å². The van der Waals surface area contributed by atoms with E-state index in [0.717, 1.165) is 118 Å². The first-order valence-corrected chi connectivity index (χ1v) is 23.9. The normalized spacial score (nSPS) is 15.3. The van der Waals surface area contributed by atoms with E-state index >= 15 is 0 Å². The van der Waals surface area contributed by atoms with Gasteiger partial charge in [-0.1, -0.05) is 80.1 Å². The molecule has 3 aliphatic rings. The minimum Gasteiger partial charge on any atom is -1.00 e. The van der Waals surface area contributed by atoms with Crippen molar-refractivity contribution in [3.63, 3.8) is 0 Å². The standard InChI is InChI=1S/C15H20ClFO.C15H21FO2.C15H19FO2.B.Cl2OS.Na.H/c1-3-5-15(6-4-2)9-11-7-13(17)8-12(10-16)14(11)18-15;2*1-3-5-15(6-4-2)9-11-7-13(16)8-12(10-17)14(11)18-15;;1-4(2)3;;/h7-8H,3-6,9-10H2,1-2H3;7-8,17H,3-6,9-10H2,1-2H3;7-8,10H,3-6,9H2,1-2H3;;;;/q;;;;;+1;-1. The third kappa shape index (κ3) is 15.4. The number of aliphatic hydroxyl groups is 1. The van der Waals surface area contributed by atoms with E-state index in [4.69, 9.17) is 30.0 Å². The molecule has 329 valence electrons. The number of hydrogen-bond donors (Lipinski definition) is 1. The summed E-state index contributed by atoms with van der Waals surface area (Å²) < 4.78 is 67.9. The first kappa shape index (κ1) is 56.6. The molecule has 0 aliphatic carbocycles. The Balaban J connectivity index is 0.000000827. The first-order valence-electron chi connectivity index (χ1n) is 20.5. The summed E-state index contributed by atoms with van der Waals surface area (Å²) in [6.07, 6.45) is 15.1. The molecule has 0 saturated heterocycles. The van der Waals surface area contributed by atoms with Crippen molar-refractivity contribution in [3.05, 3.63) is 87.2 Å². The van der Waals surface area contributed by atoms with Crippen molar-refractivity contribution in [2.45, 2.75) is 167 Å². The number of halogens is 6. The summed E-state index contributed by atoms with van der Waals surface area (Å²) in [5, 5.41) is 9.31. The Kier molecular flexibility index (Phi) is 25.5. The summed E-state index contributed by atoms with van der Waals surface area (Å²) in [6, 6.07) is 8.74. The summed E-state index contributed by atoms with van der Waals surface area (Å²) in [4.78, 5) is 11.0. The maximum Gasteiger partial charge on any atom is 1.00 e. The number of alkyl halides is 1. The van der Waals surface area contributed by atoms with E-state index in [1.807, 2.05) is 0 Å². The molecule has 60 heavy (non-hydrogen) atoms. The van der Waals surface area contributed by atoms with E-state index in [2.05, 4.69) is 62.9 Å². The van der Waals surface area contributed by atoms with Crippen LogP contribution in [0.2, 0.25) is 0 Å². The maximum absolute atomic E-state index is 13.5. The van der Waals surface area contributed by atoms with Crippen LogP contribution < -0.4 is 43.8 Å². The van der Waals surface area contributed by atoms with E-state index < -0.39 is 9.23 Å². The van der Waals surface area contributed by atoms with Gasteiger partial charge in [0.15, 0.2) is 6.29 Å². The van der Waals surface area contributed by atoms with Gasteiger partial charge in [0.2, 0.25) is 9.23 Å². The Morgan fingerprint density at radius 3 is 1.25 bits per heavy atom. The molecule has 3 aromatic rings. The maximum atomic E-state index is 13.5. The second-order valence-corrected chi connectivity index (χ2v) is 18.4. The molecule has 6 rings (SSSR count). The van der Waals surface area contributed by atoms with Gasteiger partial charge >= 0.3 is 29.6 Å². The fourth-order valence-electron chi connectivity index (χ4n) is 8.93. The van der Waals surface area contributed by atoms with Gasteiger partial charge in [0.1, 0.15) is 51.5 Å². The molecular weight excluding hydrogens is 866 g/mol. The average molecular weight is 927 g/mol. The number of carbonyl (C=O) groups is 1. The van der Waals surface area contributed by atoms with Gasteiger partial charge in [-0.25, -0.2) is 17.4 Å². The summed E-state index contributed by atoms with van der Waals surface area (Å²) >= 11 is 5.88. The van der Waals surface area contributed by atoms with Crippen LogP contribution in [0.15, 0.2) is 36.4 Å². The number of fused-ring (bicyclic) bond motifs is 3. The molecule has 0 fully saturated rings. The Bertz CT molecular complexity index is 1750. The molecule has 0 bridgehead atoms. The topological polar surface area (TPSA) is 82.1 Å². The third-order valence-electron chi connectivity index (χ3n) is 10.7. The van der Waals surface area contributed by atoms with Crippen LogP contribution >= 0.6 is 33.0 Å². The van der Waals surface area contributed by atoms with Crippen LogP contribution in [-0.2, 0) is 41.0 Å². The Hall–Kier alpha value is -1.44. The van der Waals surface area contributed by atoms with Crippen molar-refractivity contribution in [2.24, 2.45) is 0 Å². The summed E-state index contributed by atoms with van der Waals surface area (Å²) in [5.41, 5.74) is 3.83. The molecule has 0 unspecified atom stereocenters. The minimum atomic E-state index is -1.67. The second-order valence-electron chi connectivity index (χ2n) is 15.6. The van der Waals surface area contributed by atoms with Crippen LogP contribution in [-0.4, -0.2) is 40.8 Å². The molecule has 15 heteroatoms. The fraction of sp³-hybridized carbons (Fsp3) is 0.578. The van der Waals surface area contributed by atoms with Crippen LogP contribution in [0, 0.1) is 17.5 Å². The summed E-state index contributed by atoms with van der Waals surface area (Å²) in [5.74, 6) is 1.57. The largest absolute Gasteiger partial charge is 1.00 e. The SMILES string of the molecule is CCCC1(CCC)Cc2cc(F)cc(C=O)c2O1.CCCC1(CCC)Cc2cc(F)cc(CCl)c2O1.CCCC1(CCC)Cc2cc(F)cc(CO)c2O1.O=S(Cl)Cl.[B].[H-].[Na+]. The van der Waals surface area contributed by atoms with Crippen molar-refractivity contribution in [2.75, 3.05) is 0 Å². The number of aliphatic hydroxyl groups excluding tert-OH is 1. The van der Waals surface area contributed by atoms with Crippen LogP contribution in [0.4, 0.5) is 13.2 Å². The molecule has 6 nitrogen and oxygen atoms in total. The van der Waals surface area contributed by atoms with Gasteiger partial charge in [-0.2, -0.15) is 0 Å². The van der Waals surface area contributed by atoms with E-state index in [0.29, 0.717) is 41.2 Å². The number of rotatable bonds is 15. The number of hydrogen-bond acceptors (Lipinski definition) is 6. The molecule has 0 saturated carbocycles. The Morgan fingerprint density at radius 2 is 0.933 bits per heavy atom. The second kappa shape index (κ2) is 27.0. The Labute approximate surface area is 398 Å². The molecule has 3 aliphatic heterocycles. The zero-order chi connectivity index (χ0) is 43.1. The average Bonchev–Trinajstić information content (AvgIpc) is 3.82. The first-order chi connectivity index (χ1) is 27.6. The predicted octanol–water partition coefficient (Wildman–Crippen LogP) is 10.1. The van der Waals surface area contributed by atoms with E-state index in [1.165, 1.54) is 24.3 Å². The van der Waals surface area contributed by atoms with Gasteiger partial charge in [-0.05, 0) is 74.9 Å². The number of benzene rings is 3. The smallest absolute Gasteiger partial charge is 1.00 e. The van der Waals surface area contributed by atoms with Gasteiger partial charge in [0.25, 0.3) is 0 Å². The molecule has 0 aromatic heterocycles. The van der Waals surface area contributed by atoms with Crippen LogP contribution in [0.5, 0.6) is 17.2 Å². The van der Waals surface area contributed by atoms with Crippen LogP contribution in [0.3, 0.4) is 0 Å². The van der Waals surface area contributed by atoms with Gasteiger partial charge < -0.3 is 20.7 Å². The van der Waals surface area contributed by atoms with Gasteiger partial charge in [-0.3, -0.25) is 4.79 Å². The molecular formula is C45H61BCl3F3NaO6S. The molecule has 1 N–H and O–H groups in total. The minimum absolute atomic E-state index is 0. The quantitative estimate of drug-likeness (QED) is 0.0708. The molecule has 3 aromatic carbocycles. The molecule has 3 heterocycles. The Morgan fingerprint density at radius 1 is 0.633 bits per heavy atom. The van der Waals surface area contributed by atoms with Crippen molar-refractivity contribution < 1.29 is 72.5 Å². The fourth-order valence-corrected chi connectivity index (χ4v) is 9.12. The van der Waals surface area contributed by atoms with Gasteiger partial charge in [0, 0.05) is 76.9 Å². The van der Waals surface area contributed by atoms with Crippen molar-refractivity contribution >= 4 is 56.9 Å². The zero-order valence-corrected chi connectivity index (χ0v) is 41.4. The third-order valence-corrected chi connectivity index (χ3v) is 11.0. The number of ether oxygens (including phenoxy) is 3. The molecule has 0 amide bonds. The molecule has 3 radical (unpaired) electrons. The number of carbonyl (C=O) groups excluding carboxylic acids is 1. The van der Waals surface area contributed by atoms with Crippen LogP contribution in [0.1, 0.15) is 158 Å². The number of aldehydes is 1. The van der Waals surface area contributed by atoms with Crippen molar-refractivity contribution in [1.29, 1.82) is 0 Å². The molecule has 0 atom stereocenters.